The maximum absolute atomic E-state index is 11.8. The summed E-state index contributed by atoms with van der Waals surface area (Å²) < 4.78 is 43.5. The lowest BCUT2D eigenvalue weighted by atomic mass is 10.7. The molecule has 0 bridgehead atoms. The number of nitrogens with two attached hydrogens (primary N) is 1. The van der Waals surface area contributed by atoms with Crippen molar-refractivity contribution in [3.05, 3.63) is 11.3 Å². The first-order valence-electron chi connectivity index (χ1n) is 2.90. The van der Waals surface area contributed by atoms with Gasteiger partial charge in [0.1, 0.15) is 0 Å². The van der Waals surface area contributed by atoms with Gasteiger partial charge in [0.2, 0.25) is 0 Å². The van der Waals surface area contributed by atoms with Crippen LogP contribution in [0.5, 0.6) is 0 Å². The van der Waals surface area contributed by atoms with Crippen molar-refractivity contribution in [2.45, 2.75) is 6.18 Å². The van der Waals surface area contributed by atoms with Gasteiger partial charge in [-0.15, -0.1) is 0 Å². The molecule has 0 radical (unpaired) electrons. The molecule has 0 aliphatic heterocycles. The van der Waals surface area contributed by atoms with Gasteiger partial charge in [0, 0.05) is 0 Å². The zero-order chi connectivity index (χ0) is 11.4. The van der Waals surface area contributed by atoms with E-state index >= 15 is 0 Å². The molecule has 9 heteroatoms. The van der Waals surface area contributed by atoms with Crippen LogP contribution in [0.15, 0.2) is 6.20 Å². The highest BCUT2D eigenvalue weighted by atomic mass is 32.1. The number of aromatic nitrogens is 1. The molecule has 0 aromatic carbocycles. The fourth-order valence-electron chi connectivity index (χ4n) is 0.267. The third-order valence-corrected chi connectivity index (χ3v) is 1.35. The van der Waals surface area contributed by atoms with E-state index in [1.165, 1.54) is 0 Å². The fourth-order valence-corrected chi connectivity index (χ4v) is 0.678. The standard InChI is InChI=1S/C3H3FN2S.C2HF3O2/c4-2-1-6-3(5)7-2;3-2(4,5)1(6)7/h1H,(H2,5,6);(H,6,7). The summed E-state index contributed by atoms with van der Waals surface area (Å²) in [5, 5.41) is 7.06. The minimum atomic E-state index is -5.08. The van der Waals surface area contributed by atoms with Crippen LogP contribution in [0.1, 0.15) is 0 Å². The highest BCUT2D eigenvalue weighted by Gasteiger charge is 2.38. The predicted octanol–water partition coefficient (Wildman–Crippen LogP) is 1.50. The normalized spacial score (nSPS) is 10.3. The van der Waals surface area contributed by atoms with Crippen LogP contribution in [-0.4, -0.2) is 22.2 Å². The van der Waals surface area contributed by atoms with Crippen molar-refractivity contribution >= 4 is 22.4 Å². The Morgan fingerprint density at radius 1 is 1.57 bits per heavy atom. The van der Waals surface area contributed by atoms with Gasteiger partial charge in [-0.2, -0.15) is 17.6 Å². The lowest BCUT2D eigenvalue weighted by Gasteiger charge is -1.93. The van der Waals surface area contributed by atoms with Crippen molar-refractivity contribution in [2.75, 3.05) is 5.73 Å². The van der Waals surface area contributed by atoms with Gasteiger partial charge in [-0.25, -0.2) is 9.78 Å². The predicted molar refractivity (Wildman–Crippen MR) is 40.2 cm³/mol. The molecule has 0 aliphatic rings. The Morgan fingerprint density at radius 3 is 2.07 bits per heavy atom. The molecule has 1 heterocycles. The molecule has 0 atom stereocenters. The van der Waals surface area contributed by atoms with Crippen molar-refractivity contribution < 1.29 is 27.5 Å². The fraction of sp³-hybridized carbons (Fsp3) is 0.200. The summed E-state index contributed by atoms with van der Waals surface area (Å²) in [6.45, 7) is 0. The zero-order valence-electron chi connectivity index (χ0n) is 6.38. The van der Waals surface area contributed by atoms with Crippen molar-refractivity contribution in [1.82, 2.24) is 4.98 Å². The summed E-state index contributed by atoms with van der Waals surface area (Å²) in [6, 6.07) is 0. The van der Waals surface area contributed by atoms with Crippen LogP contribution in [0.4, 0.5) is 22.7 Å². The third-order valence-electron chi connectivity index (χ3n) is 0.738. The molecule has 0 unspecified atom stereocenters. The lowest BCUT2D eigenvalue weighted by molar-refractivity contribution is -0.192. The number of hydrogen-bond acceptors (Lipinski definition) is 4. The van der Waals surface area contributed by atoms with Gasteiger partial charge in [-0.1, -0.05) is 11.3 Å². The van der Waals surface area contributed by atoms with Gasteiger partial charge < -0.3 is 10.8 Å². The Bertz CT molecular complexity index is 294. The molecule has 14 heavy (non-hydrogen) atoms. The molecule has 80 valence electrons. The van der Waals surface area contributed by atoms with Crippen LogP contribution in [0.25, 0.3) is 0 Å². The van der Waals surface area contributed by atoms with Crippen molar-refractivity contribution in [1.29, 1.82) is 0 Å². The SMILES string of the molecule is Nc1ncc(F)s1.O=C(O)C(F)(F)F. The molecule has 1 rings (SSSR count). The number of anilines is 1. The van der Waals surface area contributed by atoms with E-state index in [0.717, 1.165) is 17.5 Å². The summed E-state index contributed by atoms with van der Waals surface area (Å²) in [5.74, 6) is -2.76. The van der Waals surface area contributed by atoms with Crippen LogP contribution in [0.2, 0.25) is 0 Å². The number of thiazole rings is 1. The summed E-state index contributed by atoms with van der Waals surface area (Å²) in [7, 11) is 0. The highest BCUT2D eigenvalue weighted by Crippen LogP contribution is 2.13. The molecule has 0 amide bonds. The van der Waals surface area contributed by atoms with Crippen molar-refractivity contribution in [2.24, 2.45) is 0 Å². The molecule has 3 N–H and O–H groups in total. The Morgan fingerprint density at radius 2 is 2.00 bits per heavy atom. The van der Waals surface area contributed by atoms with Gasteiger partial charge in [-0.3, -0.25) is 0 Å². The number of alkyl halides is 3. The van der Waals surface area contributed by atoms with Crippen LogP contribution in [-0.2, 0) is 4.79 Å². The Hall–Kier alpha value is -1.38. The van der Waals surface area contributed by atoms with E-state index in [2.05, 4.69) is 4.98 Å². The van der Waals surface area contributed by atoms with Gasteiger partial charge in [0.25, 0.3) is 0 Å². The van der Waals surface area contributed by atoms with Crippen LogP contribution < -0.4 is 5.73 Å². The van der Waals surface area contributed by atoms with Crippen LogP contribution in [0, 0.1) is 5.13 Å². The van der Waals surface area contributed by atoms with E-state index < -0.39 is 12.1 Å². The molecule has 0 aliphatic carbocycles. The monoisotopic (exact) mass is 232 g/mol. The molecule has 4 nitrogen and oxygen atoms in total. The van der Waals surface area contributed by atoms with Gasteiger partial charge in [0.15, 0.2) is 10.3 Å². The van der Waals surface area contributed by atoms with Crippen molar-refractivity contribution in [3.8, 4) is 0 Å². The second-order valence-electron chi connectivity index (χ2n) is 1.81. The van der Waals surface area contributed by atoms with Crippen molar-refractivity contribution in [3.63, 3.8) is 0 Å². The molecule has 1 aromatic rings. The second-order valence-corrected chi connectivity index (χ2v) is 2.82. The zero-order valence-corrected chi connectivity index (χ0v) is 7.19. The molecule has 1 aromatic heterocycles. The second kappa shape index (κ2) is 4.74. The largest absolute Gasteiger partial charge is 0.490 e. The summed E-state index contributed by atoms with van der Waals surface area (Å²) in [6.07, 6.45) is -3.99. The first-order valence-corrected chi connectivity index (χ1v) is 3.72. The number of hydrogen-bond donors (Lipinski definition) is 2. The smallest absolute Gasteiger partial charge is 0.475 e. The number of rotatable bonds is 0. The number of carbonyl (C=O) groups is 1. The minimum Gasteiger partial charge on any atom is -0.475 e. The maximum Gasteiger partial charge on any atom is 0.490 e. The van der Waals surface area contributed by atoms with Crippen LogP contribution >= 0.6 is 11.3 Å². The number of carboxylic acids is 1. The first-order chi connectivity index (χ1) is 6.23. The van der Waals surface area contributed by atoms with E-state index in [1.807, 2.05) is 0 Å². The number of nitrogens with zero attached hydrogens (tertiary/aromatic N) is 1. The molecule has 0 spiro atoms. The summed E-state index contributed by atoms with van der Waals surface area (Å²) >= 11 is 0.843. The Labute approximate surface area is 79.0 Å². The summed E-state index contributed by atoms with van der Waals surface area (Å²) in [4.78, 5) is 12.3. The van der Waals surface area contributed by atoms with E-state index in [9.17, 15) is 17.6 Å². The van der Waals surface area contributed by atoms with Gasteiger partial charge in [0.05, 0.1) is 6.20 Å². The summed E-state index contributed by atoms with van der Waals surface area (Å²) in [5.41, 5.74) is 5.05. The van der Waals surface area contributed by atoms with E-state index in [1.54, 1.807) is 0 Å². The lowest BCUT2D eigenvalue weighted by Crippen LogP contribution is -2.21. The van der Waals surface area contributed by atoms with Crippen LogP contribution in [0.3, 0.4) is 0 Å². The number of nitrogen functional groups attached to an aromatic ring is 1. The number of halogens is 4. The Kier molecular flexibility index (Phi) is 4.28. The first kappa shape index (κ1) is 12.6. The van der Waals surface area contributed by atoms with Gasteiger partial charge in [-0.05, 0) is 0 Å². The quantitative estimate of drug-likeness (QED) is 0.664. The topological polar surface area (TPSA) is 76.2 Å². The minimum absolute atomic E-state index is 0.275. The van der Waals surface area contributed by atoms with E-state index in [-0.39, 0.29) is 10.3 Å². The molecular formula is C5H4F4N2O2S. The van der Waals surface area contributed by atoms with E-state index in [4.69, 9.17) is 15.6 Å². The van der Waals surface area contributed by atoms with Gasteiger partial charge >= 0.3 is 12.1 Å². The molecule has 0 fully saturated rings. The average molecular weight is 232 g/mol. The molecule has 0 saturated carbocycles. The average Bonchev–Trinajstić information content (AvgIpc) is 2.33. The number of carboxylic acid groups (broad SMARTS) is 1. The number of aliphatic carboxylic acids is 1. The van der Waals surface area contributed by atoms with E-state index in [0.29, 0.717) is 0 Å². The molecular weight excluding hydrogens is 228 g/mol. The Balaban J connectivity index is 0.000000241. The molecule has 0 saturated heterocycles. The third kappa shape index (κ3) is 5.30. The highest BCUT2D eigenvalue weighted by molar-refractivity contribution is 7.13. The maximum atomic E-state index is 11.8.